The Balaban J connectivity index is -0.0000000369. The van der Waals surface area contributed by atoms with Gasteiger partial charge in [-0.1, -0.05) is 17.3 Å². The average molecular weight is 576 g/mol. The van der Waals surface area contributed by atoms with Crippen LogP contribution in [0.2, 0.25) is 0 Å². The average Bonchev–Trinajstić information content (AvgIpc) is 1.76. The third kappa shape index (κ3) is 2210. The van der Waals surface area contributed by atoms with E-state index in [0.717, 1.165) is 0 Å². The maximum atomic E-state index is 4.66. The number of thiocarbonyl (C=S) groups is 4. The van der Waals surface area contributed by atoms with Crippen LogP contribution in [0.4, 0.5) is 0 Å². The molecule has 0 heterocycles. The maximum Gasteiger partial charge on any atom is 4.00 e. The second-order valence-corrected chi connectivity index (χ2v) is 5.83. The maximum absolute atomic E-state index is 4.66. The molecule has 0 radical (unpaired) electrons. The first-order valence-electron chi connectivity index (χ1n) is 2.79. The summed E-state index contributed by atoms with van der Waals surface area (Å²) in [6.45, 7) is 0. The first-order valence-corrected chi connectivity index (χ1v) is 6.05. The van der Waals surface area contributed by atoms with Crippen LogP contribution >= 0.6 is 48.9 Å². The summed E-state index contributed by atoms with van der Waals surface area (Å²) in [5.74, 6) is 0. The molecule has 0 aromatic rings. The van der Waals surface area contributed by atoms with Crippen LogP contribution in [0.25, 0.3) is 0 Å². The molecule has 8 N–H and O–H groups in total. The van der Waals surface area contributed by atoms with E-state index in [2.05, 4.69) is 122 Å². The Bertz CT molecular complexity index is 170. The van der Waals surface area contributed by atoms with Gasteiger partial charge in [0.2, 0.25) is 0 Å². The van der Waals surface area contributed by atoms with Crippen LogP contribution in [0.5, 0.6) is 0 Å². The summed E-state index contributed by atoms with van der Waals surface area (Å²) < 4.78 is 0.333. The van der Waals surface area contributed by atoms with E-state index in [1.807, 2.05) is 0 Å². The van der Waals surface area contributed by atoms with Gasteiger partial charge in [-0.25, -0.2) is 0 Å². The molecular weight excluding hydrogens is 568 g/mol. The topological polar surface area (TPSA) is 104 Å². The molecule has 0 unspecified atom stereocenters. The van der Waals surface area contributed by atoms with E-state index in [1.54, 1.807) is 0 Å². The number of nitrogens with two attached hydrogens (primary N) is 4. The van der Waals surface area contributed by atoms with Crippen molar-refractivity contribution in [2.75, 3.05) is 0 Å². The Morgan fingerprint density at radius 3 is 0.529 bits per heavy atom. The minimum Gasteiger partial charge on any atom is -0.415 e. The Morgan fingerprint density at radius 1 is 0.529 bits per heavy atom. The van der Waals surface area contributed by atoms with E-state index in [0.29, 0.717) is 0 Å². The second kappa shape index (κ2) is 26.0. The molecule has 0 aliphatic rings. The predicted molar refractivity (Wildman–Crippen MR) is 102 cm³/mol. The second-order valence-electron chi connectivity index (χ2n) is 1.28. The number of hydrogen-bond donors (Lipinski definition) is 4. The van der Waals surface area contributed by atoms with Gasteiger partial charge < -0.3 is 122 Å². The first kappa shape index (κ1) is 31.0. The van der Waals surface area contributed by atoms with Crippen molar-refractivity contribution in [3.05, 3.63) is 0 Å². The molecule has 0 amide bonds. The van der Waals surface area contributed by atoms with E-state index in [9.17, 15) is 0 Å². The molecule has 0 saturated carbocycles. The number of rotatable bonds is 0. The van der Waals surface area contributed by atoms with Crippen molar-refractivity contribution in [1.29, 1.82) is 0 Å². The van der Waals surface area contributed by atoms with Gasteiger partial charge >= 0.3 is 27.3 Å². The van der Waals surface area contributed by atoms with E-state index in [4.69, 9.17) is 0 Å². The molecule has 0 atom stereocenters. The van der Waals surface area contributed by atoms with E-state index in [1.165, 1.54) is 0 Å². The fraction of sp³-hybridized carbons (Fsp3) is 0. The van der Waals surface area contributed by atoms with Crippen molar-refractivity contribution < 1.29 is 0 Å². The van der Waals surface area contributed by atoms with Crippen LogP contribution in [0.3, 0.4) is 0 Å². The molecule has 13 heteroatoms. The van der Waals surface area contributed by atoms with Gasteiger partial charge in [0.15, 0.2) is 0 Å². The SMILES string of the molecule is NC(=S)[S-].NC(=S)[S-].NC(=S)[S-].NC(=S)[S-].[Pb+4]. The number of hydrogen-bond acceptors (Lipinski definition) is 8. The zero-order chi connectivity index (χ0) is 14.3. The third-order valence-electron chi connectivity index (χ3n) is 0. The van der Waals surface area contributed by atoms with Crippen LogP contribution in [0.1, 0.15) is 0 Å². The minimum absolute atomic E-state index is 0. The van der Waals surface area contributed by atoms with Gasteiger partial charge in [0.1, 0.15) is 0 Å². The largest absolute Gasteiger partial charge is 4.00 e. The molecule has 0 aromatic carbocycles. The Kier molecular flexibility index (Phi) is 47.5. The summed E-state index contributed by atoms with van der Waals surface area (Å²) in [5.41, 5.74) is 18.6. The van der Waals surface area contributed by atoms with Gasteiger partial charge in [0.25, 0.3) is 0 Å². The van der Waals surface area contributed by atoms with Crippen LogP contribution in [0.15, 0.2) is 0 Å². The molecule has 0 spiro atoms. The zero-order valence-electron chi connectivity index (χ0n) is 8.08. The molecular formula is C4H8N4PbS8. The molecule has 0 fully saturated rings. The summed E-state index contributed by atoms with van der Waals surface area (Å²) in [4.78, 5) is 0. The third-order valence-corrected chi connectivity index (χ3v) is 0. The summed E-state index contributed by atoms with van der Waals surface area (Å²) in [5, 5.41) is 0. The van der Waals surface area contributed by atoms with Crippen molar-refractivity contribution in [1.82, 2.24) is 0 Å². The summed E-state index contributed by atoms with van der Waals surface area (Å²) in [6.07, 6.45) is 0. The fourth-order valence-electron chi connectivity index (χ4n) is 0. The van der Waals surface area contributed by atoms with E-state index >= 15 is 0 Å². The summed E-state index contributed by atoms with van der Waals surface area (Å²) >= 11 is 33.0. The smallest absolute Gasteiger partial charge is 0.415 e. The molecule has 0 bridgehead atoms. The molecule has 0 aliphatic carbocycles. The Hall–Kier alpha value is 1.36. The fourth-order valence-corrected chi connectivity index (χ4v) is 0. The Morgan fingerprint density at radius 2 is 0.529 bits per heavy atom. The van der Waals surface area contributed by atoms with Gasteiger partial charge in [-0.3, -0.25) is 0 Å². The monoisotopic (exact) mass is 576 g/mol. The Labute approximate surface area is 165 Å². The van der Waals surface area contributed by atoms with Gasteiger partial charge in [-0.15, -0.1) is 0 Å². The molecule has 0 saturated heterocycles. The molecule has 17 heavy (non-hydrogen) atoms. The van der Waals surface area contributed by atoms with Crippen molar-refractivity contribution in [3.8, 4) is 0 Å². The molecule has 4 nitrogen and oxygen atoms in total. The van der Waals surface area contributed by atoms with Gasteiger partial charge in [0, 0.05) is 0 Å². The van der Waals surface area contributed by atoms with Crippen LogP contribution in [-0.2, 0) is 50.5 Å². The minimum atomic E-state index is 0. The summed E-state index contributed by atoms with van der Waals surface area (Å²) in [6, 6.07) is 0. The van der Waals surface area contributed by atoms with Crippen LogP contribution in [0, 0.1) is 0 Å². The zero-order valence-corrected chi connectivity index (χ0v) is 18.5. The van der Waals surface area contributed by atoms with E-state index < -0.39 is 0 Å². The summed E-state index contributed by atoms with van der Waals surface area (Å²) in [7, 11) is 0. The molecule has 96 valence electrons. The van der Waals surface area contributed by atoms with Gasteiger partial charge in [-0.05, 0) is 0 Å². The standard InChI is InChI=1S/4CH3NS2.Pb/c4*2-1(3)4;/h4*(H3,2,3,4);/q;;;;+4/p-4. The van der Waals surface area contributed by atoms with Gasteiger partial charge in [-0.2, -0.15) is 0 Å². The van der Waals surface area contributed by atoms with Crippen LogP contribution < -0.4 is 22.9 Å². The van der Waals surface area contributed by atoms with Crippen molar-refractivity contribution in [2.45, 2.75) is 0 Å². The van der Waals surface area contributed by atoms with Gasteiger partial charge in [0.05, 0.1) is 0 Å². The first-order chi connectivity index (χ1) is 6.93. The quantitative estimate of drug-likeness (QED) is 0.157. The van der Waals surface area contributed by atoms with Crippen molar-refractivity contribution in [2.24, 2.45) is 22.9 Å². The molecule has 0 aromatic heterocycles. The molecule has 0 rings (SSSR count). The predicted octanol–water partition coefficient (Wildman–Crippen LogP) is -1.27. The van der Waals surface area contributed by atoms with Crippen molar-refractivity contribution >= 4 is 144 Å². The van der Waals surface area contributed by atoms with Crippen LogP contribution in [-0.4, -0.2) is 44.6 Å². The van der Waals surface area contributed by atoms with Crippen molar-refractivity contribution in [3.63, 3.8) is 0 Å². The molecule has 0 aliphatic heterocycles. The normalized spacial score (nSPS) is 5.65. The van der Waals surface area contributed by atoms with E-state index in [-0.39, 0.29) is 44.6 Å².